The molecule has 1 aromatic heterocycles. The molecule has 3 heterocycles. The summed E-state index contributed by atoms with van der Waals surface area (Å²) in [5, 5.41) is 1.14. The van der Waals surface area contributed by atoms with Gasteiger partial charge in [-0.2, -0.15) is 0 Å². The number of methoxy groups -OCH3 is 2. The van der Waals surface area contributed by atoms with Crippen LogP contribution in [-0.4, -0.2) is 59.9 Å². The van der Waals surface area contributed by atoms with Gasteiger partial charge in [-0.3, -0.25) is 9.59 Å². The molecule has 0 bridgehead atoms. The summed E-state index contributed by atoms with van der Waals surface area (Å²) in [6.45, 7) is 0.569. The van der Waals surface area contributed by atoms with E-state index in [9.17, 15) is 9.59 Å². The van der Waals surface area contributed by atoms with Crippen molar-refractivity contribution in [1.82, 2.24) is 14.8 Å². The molecule has 2 atom stereocenters. The number of rotatable bonds is 8. The zero-order valence-corrected chi connectivity index (χ0v) is 22.4. The van der Waals surface area contributed by atoms with E-state index in [0.717, 1.165) is 40.6 Å². The fourth-order valence-electron chi connectivity index (χ4n) is 6.18. The minimum Gasteiger partial charge on any atom is -0.493 e. The summed E-state index contributed by atoms with van der Waals surface area (Å²) in [4.78, 5) is 34.8. The first kappa shape index (κ1) is 25.0. The molecule has 200 valence electrons. The zero-order chi connectivity index (χ0) is 26.9. The number of carbonyl (C=O) groups is 2. The molecule has 2 aliphatic heterocycles. The normalized spacial score (nSPS) is 18.7. The molecule has 39 heavy (non-hydrogen) atoms. The van der Waals surface area contributed by atoms with Crippen LogP contribution in [0.4, 0.5) is 0 Å². The lowest BCUT2D eigenvalue weighted by Crippen LogP contribution is -2.63. The third-order valence-corrected chi connectivity index (χ3v) is 8.13. The van der Waals surface area contributed by atoms with Crippen LogP contribution in [0.15, 0.2) is 72.8 Å². The van der Waals surface area contributed by atoms with Crippen molar-refractivity contribution in [2.24, 2.45) is 0 Å². The quantitative estimate of drug-likeness (QED) is 0.363. The molecular weight excluding hydrogens is 490 g/mol. The van der Waals surface area contributed by atoms with Crippen molar-refractivity contribution in [3.63, 3.8) is 0 Å². The third-order valence-electron chi connectivity index (χ3n) is 8.13. The predicted octanol–water partition coefficient (Wildman–Crippen LogP) is 4.70. The number of hydrogen-bond acceptors (Lipinski definition) is 4. The lowest BCUT2D eigenvalue weighted by Gasteiger charge is -2.47. The van der Waals surface area contributed by atoms with Crippen LogP contribution in [0.2, 0.25) is 0 Å². The maximum atomic E-state index is 13.9. The van der Waals surface area contributed by atoms with Crippen LogP contribution in [0, 0.1) is 0 Å². The standard InChI is InChI=1S/C32H33N3O4/c1-38-28-15-13-22(18-29(28)39-2)16-17-34-20-30(36)35-26(14-12-21-8-4-3-5-9-21)31-24(19-27(35)32(34)37)23-10-6-7-11-25(23)33-31/h3-11,13,15,18,26-27,33H,12,14,16-17,19-20H2,1-2H3/t26?,27-/m1/s1. The Balaban J connectivity index is 1.27. The number of fused-ring (bicyclic) bond motifs is 4. The summed E-state index contributed by atoms with van der Waals surface area (Å²) in [5.74, 6) is 1.35. The second kappa shape index (κ2) is 10.5. The fraction of sp³-hybridized carbons (Fsp3) is 0.312. The monoisotopic (exact) mass is 523 g/mol. The Morgan fingerprint density at radius 3 is 2.44 bits per heavy atom. The summed E-state index contributed by atoms with van der Waals surface area (Å²) in [6.07, 6.45) is 2.74. The second-order valence-corrected chi connectivity index (χ2v) is 10.3. The van der Waals surface area contributed by atoms with Crippen molar-refractivity contribution in [3.05, 3.63) is 95.2 Å². The zero-order valence-electron chi connectivity index (χ0n) is 22.4. The number of para-hydroxylation sites is 1. The van der Waals surface area contributed by atoms with E-state index >= 15 is 0 Å². The van der Waals surface area contributed by atoms with Gasteiger partial charge in [0.05, 0.1) is 26.8 Å². The number of aromatic amines is 1. The molecule has 7 nitrogen and oxygen atoms in total. The van der Waals surface area contributed by atoms with E-state index in [0.29, 0.717) is 30.9 Å². The van der Waals surface area contributed by atoms with E-state index in [4.69, 9.17) is 9.47 Å². The number of hydrogen-bond donors (Lipinski definition) is 1. The number of carbonyl (C=O) groups excluding carboxylic acids is 2. The van der Waals surface area contributed by atoms with Gasteiger partial charge in [0, 0.05) is 29.6 Å². The summed E-state index contributed by atoms with van der Waals surface area (Å²) < 4.78 is 10.8. The van der Waals surface area contributed by atoms with Crippen LogP contribution in [0.3, 0.4) is 0 Å². The first-order valence-electron chi connectivity index (χ1n) is 13.5. The van der Waals surface area contributed by atoms with Gasteiger partial charge in [0.15, 0.2) is 11.5 Å². The fourth-order valence-corrected chi connectivity index (χ4v) is 6.18. The lowest BCUT2D eigenvalue weighted by atomic mass is 9.86. The van der Waals surface area contributed by atoms with Crippen LogP contribution in [0.25, 0.3) is 10.9 Å². The highest BCUT2D eigenvalue weighted by Gasteiger charge is 2.47. The van der Waals surface area contributed by atoms with E-state index < -0.39 is 6.04 Å². The SMILES string of the molecule is COc1ccc(CCN2CC(=O)N3C(CCc4ccccc4)c4[nH]c5ccccc5c4C[C@@H]3C2=O)cc1OC. The molecule has 0 spiro atoms. The minimum atomic E-state index is -0.496. The number of aryl methyl sites for hydroxylation is 1. The van der Waals surface area contributed by atoms with Gasteiger partial charge in [0.2, 0.25) is 11.8 Å². The smallest absolute Gasteiger partial charge is 0.246 e. The molecule has 0 saturated carbocycles. The molecule has 2 aliphatic rings. The first-order valence-corrected chi connectivity index (χ1v) is 13.5. The van der Waals surface area contributed by atoms with Crippen molar-refractivity contribution in [1.29, 1.82) is 0 Å². The van der Waals surface area contributed by atoms with E-state index in [1.54, 1.807) is 19.1 Å². The summed E-state index contributed by atoms with van der Waals surface area (Å²) in [6, 6.07) is 23.7. The van der Waals surface area contributed by atoms with Crippen LogP contribution in [0.1, 0.15) is 34.8 Å². The Hall–Kier alpha value is -4.26. The van der Waals surface area contributed by atoms with Crippen molar-refractivity contribution < 1.29 is 19.1 Å². The van der Waals surface area contributed by atoms with Gasteiger partial charge in [-0.1, -0.05) is 54.6 Å². The Morgan fingerprint density at radius 1 is 0.872 bits per heavy atom. The average molecular weight is 524 g/mol. The number of aromatic nitrogens is 1. The van der Waals surface area contributed by atoms with Gasteiger partial charge in [-0.05, 0) is 54.2 Å². The number of nitrogens with one attached hydrogen (secondary N) is 1. The first-order chi connectivity index (χ1) is 19.1. The number of benzene rings is 3. The highest BCUT2D eigenvalue weighted by molar-refractivity contribution is 5.97. The molecule has 7 heteroatoms. The molecule has 0 radical (unpaired) electrons. The number of H-pyrrole nitrogens is 1. The van der Waals surface area contributed by atoms with Gasteiger partial charge < -0.3 is 24.3 Å². The van der Waals surface area contributed by atoms with Gasteiger partial charge in [0.1, 0.15) is 6.04 Å². The summed E-state index contributed by atoms with van der Waals surface area (Å²) in [5.41, 5.74) is 5.54. The highest BCUT2D eigenvalue weighted by Crippen LogP contribution is 2.41. The van der Waals surface area contributed by atoms with Crippen molar-refractivity contribution in [2.75, 3.05) is 27.3 Å². The summed E-state index contributed by atoms with van der Waals surface area (Å²) >= 11 is 0. The van der Waals surface area contributed by atoms with Crippen LogP contribution >= 0.6 is 0 Å². The minimum absolute atomic E-state index is 0.00859. The highest BCUT2D eigenvalue weighted by atomic mass is 16.5. The molecule has 1 saturated heterocycles. The van der Waals surface area contributed by atoms with Crippen LogP contribution < -0.4 is 9.47 Å². The van der Waals surface area contributed by atoms with E-state index in [-0.39, 0.29) is 24.4 Å². The number of piperazine rings is 1. The maximum absolute atomic E-state index is 13.9. The topological polar surface area (TPSA) is 74.9 Å². The van der Waals surface area contributed by atoms with E-state index in [1.807, 2.05) is 53.4 Å². The van der Waals surface area contributed by atoms with E-state index in [1.165, 1.54) is 5.56 Å². The second-order valence-electron chi connectivity index (χ2n) is 10.3. The molecule has 3 aromatic carbocycles. The Morgan fingerprint density at radius 2 is 1.64 bits per heavy atom. The van der Waals surface area contributed by atoms with Crippen molar-refractivity contribution >= 4 is 22.7 Å². The molecule has 1 N–H and O–H groups in total. The molecule has 0 aliphatic carbocycles. The largest absolute Gasteiger partial charge is 0.493 e. The van der Waals surface area contributed by atoms with Crippen molar-refractivity contribution in [2.45, 2.75) is 37.8 Å². The molecule has 4 aromatic rings. The lowest BCUT2D eigenvalue weighted by molar-refractivity contribution is -0.159. The van der Waals surface area contributed by atoms with Crippen LogP contribution in [0.5, 0.6) is 11.5 Å². The number of ether oxygens (including phenoxy) is 2. The Bertz CT molecular complexity index is 1510. The number of amides is 2. The van der Waals surface area contributed by atoms with Gasteiger partial charge in [-0.15, -0.1) is 0 Å². The van der Waals surface area contributed by atoms with Crippen LogP contribution in [-0.2, 0) is 28.9 Å². The summed E-state index contributed by atoms with van der Waals surface area (Å²) in [7, 11) is 3.22. The van der Waals surface area contributed by atoms with Gasteiger partial charge in [0.25, 0.3) is 0 Å². The number of nitrogens with zero attached hydrogens (tertiary/aromatic N) is 2. The Kier molecular flexibility index (Phi) is 6.73. The average Bonchev–Trinajstić information content (AvgIpc) is 3.35. The Labute approximate surface area is 228 Å². The molecule has 2 amide bonds. The maximum Gasteiger partial charge on any atom is 0.246 e. The molecule has 6 rings (SSSR count). The predicted molar refractivity (Wildman–Crippen MR) is 150 cm³/mol. The molecule has 1 fully saturated rings. The third kappa shape index (κ3) is 4.62. The molecular formula is C32H33N3O4. The van der Waals surface area contributed by atoms with Gasteiger partial charge >= 0.3 is 0 Å². The molecule has 1 unspecified atom stereocenters. The van der Waals surface area contributed by atoms with Crippen molar-refractivity contribution in [3.8, 4) is 11.5 Å². The van der Waals surface area contributed by atoms with E-state index in [2.05, 4.69) is 29.2 Å². The van der Waals surface area contributed by atoms with Gasteiger partial charge in [-0.25, -0.2) is 0 Å².